The van der Waals surface area contributed by atoms with E-state index in [1.54, 1.807) is 17.4 Å². The molecule has 0 aliphatic heterocycles. The third kappa shape index (κ3) is 3.24. The molecule has 0 radical (unpaired) electrons. The first kappa shape index (κ1) is 13.4. The molecular formula is C11H11BrN4S2. The quantitative estimate of drug-likeness (QED) is 0.836. The first-order valence-corrected chi connectivity index (χ1v) is 7.25. The molecule has 0 bridgehead atoms. The van der Waals surface area contributed by atoms with Crippen LogP contribution >= 0.6 is 39.5 Å². The average molecular weight is 343 g/mol. The van der Waals surface area contributed by atoms with Gasteiger partial charge in [0.1, 0.15) is 10.7 Å². The molecule has 0 aliphatic carbocycles. The number of hydrogen-bond donors (Lipinski definition) is 2. The van der Waals surface area contributed by atoms with Gasteiger partial charge in [-0.15, -0.1) is 11.3 Å². The molecule has 0 aliphatic rings. The van der Waals surface area contributed by atoms with Crippen LogP contribution in [0.5, 0.6) is 0 Å². The van der Waals surface area contributed by atoms with Gasteiger partial charge in [0, 0.05) is 15.0 Å². The van der Waals surface area contributed by atoms with Crippen LogP contribution in [0.25, 0.3) is 0 Å². The maximum atomic E-state index is 5.57. The van der Waals surface area contributed by atoms with E-state index in [1.807, 2.05) is 18.4 Å². The normalized spacial score (nSPS) is 10.3. The first-order chi connectivity index (χ1) is 8.56. The molecule has 0 saturated heterocycles. The van der Waals surface area contributed by atoms with Crippen molar-refractivity contribution in [3.05, 3.63) is 38.3 Å². The molecule has 4 nitrogen and oxygen atoms in total. The molecule has 18 heavy (non-hydrogen) atoms. The first-order valence-electron chi connectivity index (χ1n) is 5.17. The van der Waals surface area contributed by atoms with E-state index in [1.165, 1.54) is 4.88 Å². The van der Waals surface area contributed by atoms with Crippen molar-refractivity contribution in [2.24, 2.45) is 5.73 Å². The number of thiocarbonyl (C=S) groups is 1. The number of nitrogens with zero attached hydrogens (tertiary/aromatic N) is 2. The van der Waals surface area contributed by atoms with Crippen LogP contribution in [0.4, 0.5) is 5.95 Å². The molecule has 0 aromatic carbocycles. The second kappa shape index (κ2) is 5.73. The van der Waals surface area contributed by atoms with Gasteiger partial charge >= 0.3 is 0 Å². The minimum Gasteiger partial charge on any atom is -0.388 e. The number of nitrogens with one attached hydrogen (secondary N) is 1. The molecule has 2 rings (SSSR count). The molecule has 0 amide bonds. The fraction of sp³-hybridized carbons (Fsp3) is 0.182. The molecule has 0 atom stereocenters. The Labute approximate surface area is 123 Å². The van der Waals surface area contributed by atoms with Crippen molar-refractivity contribution in [2.75, 3.05) is 5.32 Å². The minimum absolute atomic E-state index is 0.279. The Balaban J connectivity index is 2.14. The molecule has 3 N–H and O–H groups in total. The maximum Gasteiger partial charge on any atom is 0.223 e. The van der Waals surface area contributed by atoms with Crippen LogP contribution in [-0.2, 0) is 6.54 Å². The summed E-state index contributed by atoms with van der Waals surface area (Å²) in [6, 6.07) is 3.79. The molecule has 0 spiro atoms. The van der Waals surface area contributed by atoms with E-state index in [0.717, 1.165) is 10.2 Å². The Hall–Kier alpha value is -1.05. The average Bonchev–Trinajstić information content (AvgIpc) is 2.71. The molecule has 94 valence electrons. The van der Waals surface area contributed by atoms with E-state index in [2.05, 4.69) is 31.2 Å². The summed E-state index contributed by atoms with van der Waals surface area (Å²) in [5.41, 5.74) is 7.00. The summed E-state index contributed by atoms with van der Waals surface area (Å²) in [7, 11) is 0. The van der Waals surface area contributed by atoms with Gasteiger partial charge in [-0.2, -0.15) is 0 Å². The third-order valence-electron chi connectivity index (χ3n) is 2.20. The predicted octanol–water partition coefficient (Wildman–Crippen LogP) is 2.86. The summed E-state index contributed by atoms with van der Waals surface area (Å²) in [6.07, 6.45) is 0. The molecule has 2 heterocycles. The minimum atomic E-state index is 0.279. The Morgan fingerprint density at radius 1 is 1.56 bits per heavy atom. The van der Waals surface area contributed by atoms with Crippen LogP contribution in [-0.4, -0.2) is 15.0 Å². The summed E-state index contributed by atoms with van der Waals surface area (Å²) >= 11 is 10.1. The van der Waals surface area contributed by atoms with Crippen molar-refractivity contribution in [1.29, 1.82) is 0 Å². The van der Waals surface area contributed by atoms with E-state index < -0.39 is 0 Å². The van der Waals surface area contributed by atoms with E-state index >= 15 is 0 Å². The van der Waals surface area contributed by atoms with Gasteiger partial charge in [0.05, 0.1) is 6.54 Å². The van der Waals surface area contributed by atoms with Crippen LogP contribution in [0.3, 0.4) is 0 Å². The SMILES string of the molecule is Cc1cc(C(N)=S)nc(NCc2sccc2Br)n1. The van der Waals surface area contributed by atoms with Crippen LogP contribution < -0.4 is 11.1 Å². The Morgan fingerprint density at radius 3 is 2.94 bits per heavy atom. The van der Waals surface area contributed by atoms with E-state index in [0.29, 0.717) is 18.2 Å². The number of nitrogens with two attached hydrogens (primary N) is 1. The van der Waals surface area contributed by atoms with E-state index in [9.17, 15) is 0 Å². The summed E-state index contributed by atoms with van der Waals surface area (Å²) in [5, 5.41) is 5.19. The number of thiophene rings is 1. The molecule has 2 aromatic rings. The van der Waals surface area contributed by atoms with Crippen LogP contribution in [0, 0.1) is 6.92 Å². The van der Waals surface area contributed by atoms with Crippen molar-refractivity contribution in [3.63, 3.8) is 0 Å². The lowest BCUT2D eigenvalue weighted by molar-refractivity contribution is 1.03. The lowest BCUT2D eigenvalue weighted by atomic mass is 10.3. The highest BCUT2D eigenvalue weighted by atomic mass is 79.9. The number of anilines is 1. The van der Waals surface area contributed by atoms with Gasteiger partial charge < -0.3 is 11.1 Å². The standard InChI is InChI=1S/C11H11BrN4S2/c1-6-4-8(10(13)17)16-11(15-6)14-5-9-7(12)2-3-18-9/h2-4H,5H2,1H3,(H2,13,17)(H,14,15,16). The van der Waals surface area contributed by atoms with Crippen molar-refractivity contribution < 1.29 is 0 Å². The number of halogens is 1. The number of hydrogen-bond acceptors (Lipinski definition) is 5. The summed E-state index contributed by atoms with van der Waals surface area (Å²) in [5.74, 6) is 0.540. The second-order valence-electron chi connectivity index (χ2n) is 3.63. The van der Waals surface area contributed by atoms with E-state index in [-0.39, 0.29) is 4.99 Å². The zero-order valence-electron chi connectivity index (χ0n) is 9.61. The molecule has 0 unspecified atom stereocenters. The lowest BCUT2D eigenvalue weighted by Gasteiger charge is -2.06. The highest BCUT2D eigenvalue weighted by molar-refractivity contribution is 9.10. The van der Waals surface area contributed by atoms with Gasteiger partial charge in [-0.3, -0.25) is 0 Å². The molecule has 0 saturated carbocycles. The van der Waals surface area contributed by atoms with Crippen LogP contribution in [0.2, 0.25) is 0 Å². The topological polar surface area (TPSA) is 63.8 Å². The van der Waals surface area contributed by atoms with Gasteiger partial charge in [0.2, 0.25) is 5.95 Å². The highest BCUT2D eigenvalue weighted by Gasteiger charge is 2.06. The van der Waals surface area contributed by atoms with Crippen LogP contribution in [0.1, 0.15) is 16.3 Å². The van der Waals surface area contributed by atoms with Crippen molar-refractivity contribution in [3.8, 4) is 0 Å². The largest absolute Gasteiger partial charge is 0.388 e. The maximum absolute atomic E-state index is 5.57. The summed E-state index contributed by atoms with van der Waals surface area (Å²) in [4.78, 5) is 10.0. The van der Waals surface area contributed by atoms with Gasteiger partial charge in [0.25, 0.3) is 0 Å². The van der Waals surface area contributed by atoms with Crippen molar-refractivity contribution in [1.82, 2.24) is 9.97 Å². The second-order valence-corrected chi connectivity index (χ2v) is 5.92. The fourth-order valence-electron chi connectivity index (χ4n) is 1.38. The molecule has 0 fully saturated rings. The lowest BCUT2D eigenvalue weighted by Crippen LogP contribution is -2.14. The zero-order valence-corrected chi connectivity index (χ0v) is 12.8. The molecule has 2 aromatic heterocycles. The van der Waals surface area contributed by atoms with Crippen LogP contribution in [0.15, 0.2) is 22.0 Å². The number of aromatic nitrogens is 2. The predicted molar refractivity (Wildman–Crippen MR) is 82.0 cm³/mol. The van der Waals surface area contributed by atoms with Crippen molar-refractivity contribution in [2.45, 2.75) is 13.5 Å². The van der Waals surface area contributed by atoms with Gasteiger partial charge in [-0.25, -0.2) is 9.97 Å². The van der Waals surface area contributed by atoms with Gasteiger partial charge in [0.15, 0.2) is 0 Å². The number of rotatable bonds is 4. The summed E-state index contributed by atoms with van der Waals surface area (Å²) < 4.78 is 1.09. The smallest absolute Gasteiger partial charge is 0.223 e. The third-order valence-corrected chi connectivity index (χ3v) is 4.34. The summed E-state index contributed by atoms with van der Waals surface area (Å²) in [6.45, 7) is 2.55. The Morgan fingerprint density at radius 2 is 2.33 bits per heavy atom. The molecule has 7 heteroatoms. The van der Waals surface area contributed by atoms with E-state index in [4.69, 9.17) is 18.0 Å². The van der Waals surface area contributed by atoms with Crippen molar-refractivity contribution >= 4 is 50.4 Å². The zero-order chi connectivity index (χ0) is 13.1. The fourth-order valence-corrected chi connectivity index (χ4v) is 2.92. The monoisotopic (exact) mass is 342 g/mol. The Bertz CT molecular complexity index is 582. The van der Waals surface area contributed by atoms with Gasteiger partial charge in [-0.05, 0) is 40.4 Å². The van der Waals surface area contributed by atoms with Gasteiger partial charge in [-0.1, -0.05) is 12.2 Å². The highest BCUT2D eigenvalue weighted by Crippen LogP contribution is 2.23. The number of aryl methyl sites for hydroxylation is 1. The molecular weight excluding hydrogens is 332 g/mol. The Kier molecular flexibility index (Phi) is 4.26.